The number of hydrogen-bond donors (Lipinski definition) is 2. The van der Waals surface area contributed by atoms with Crippen LogP contribution < -0.4 is 10.6 Å². The van der Waals surface area contributed by atoms with Gasteiger partial charge in [0.25, 0.3) is 0 Å². The third-order valence-corrected chi connectivity index (χ3v) is 5.17. The quantitative estimate of drug-likeness (QED) is 0.252. The summed E-state index contributed by atoms with van der Waals surface area (Å²) in [6.07, 6.45) is 0.914. The molecule has 0 bridgehead atoms. The number of amides is 1. The van der Waals surface area contributed by atoms with E-state index < -0.39 is 0 Å². The number of piperazine rings is 1. The first-order valence-corrected chi connectivity index (χ1v) is 11.0. The van der Waals surface area contributed by atoms with E-state index in [2.05, 4.69) is 30.6 Å². The van der Waals surface area contributed by atoms with Gasteiger partial charge >= 0.3 is 0 Å². The van der Waals surface area contributed by atoms with Gasteiger partial charge in [-0.3, -0.25) is 9.69 Å². The summed E-state index contributed by atoms with van der Waals surface area (Å²) in [5.41, 5.74) is 0. The van der Waals surface area contributed by atoms with Crippen molar-refractivity contribution in [1.82, 2.24) is 35.2 Å². The van der Waals surface area contributed by atoms with Crippen molar-refractivity contribution in [3.8, 4) is 0 Å². The largest absolute Gasteiger partial charge is 0.383 e. The van der Waals surface area contributed by atoms with Crippen LogP contribution in [0.2, 0.25) is 0 Å². The number of carbonyl (C=O) groups is 1. The van der Waals surface area contributed by atoms with Crippen molar-refractivity contribution in [2.24, 2.45) is 12.0 Å². The number of aryl methyl sites for hydroxylation is 1. The smallest absolute Gasteiger partial charge is 0.234 e. The minimum atomic E-state index is 0.0334. The molecule has 2 rings (SSSR count). The average Bonchev–Trinajstić information content (AvgIpc) is 3.09. The van der Waals surface area contributed by atoms with Gasteiger partial charge in [0.2, 0.25) is 5.91 Å². The average molecular weight is 439 g/mol. The van der Waals surface area contributed by atoms with Crippen molar-refractivity contribution < 1.29 is 14.3 Å². The monoisotopic (exact) mass is 438 g/mol. The third-order valence-electron chi connectivity index (χ3n) is 5.17. The van der Waals surface area contributed by atoms with Crippen LogP contribution in [-0.2, 0) is 27.9 Å². The van der Waals surface area contributed by atoms with Crippen LogP contribution in [-0.4, -0.2) is 109 Å². The normalized spacial score (nSPS) is 15.4. The molecule has 31 heavy (non-hydrogen) atoms. The Morgan fingerprint density at radius 3 is 2.55 bits per heavy atom. The Morgan fingerprint density at radius 2 is 1.90 bits per heavy atom. The second-order valence-electron chi connectivity index (χ2n) is 7.45. The lowest BCUT2D eigenvalue weighted by molar-refractivity contribution is -0.122. The Labute approximate surface area is 185 Å². The third kappa shape index (κ3) is 8.80. The highest BCUT2D eigenvalue weighted by atomic mass is 16.5. The number of ether oxygens (including phenoxy) is 2. The highest BCUT2D eigenvalue weighted by molar-refractivity contribution is 5.80. The highest BCUT2D eigenvalue weighted by Gasteiger charge is 2.21. The number of nitrogens with zero attached hydrogens (tertiary/aromatic N) is 6. The molecule has 0 aliphatic carbocycles. The van der Waals surface area contributed by atoms with Crippen LogP contribution in [0, 0.1) is 6.92 Å². The van der Waals surface area contributed by atoms with Crippen LogP contribution in [0.4, 0.5) is 0 Å². The summed E-state index contributed by atoms with van der Waals surface area (Å²) >= 11 is 0. The van der Waals surface area contributed by atoms with E-state index in [1.807, 2.05) is 25.5 Å². The molecular weight excluding hydrogens is 400 g/mol. The van der Waals surface area contributed by atoms with Gasteiger partial charge in [0.15, 0.2) is 11.8 Å². The lowest BCUT2D eigenvalue weighted by Crippen LogP contribution is -2.54. The van der Waals surface area contributed by atoms with Gasteiger partial charge in [0.05, 0.1) is 13.2 Å². The first-order chi connectivity index (χ1) is 15.0. The molecule has 1 aromatic heterocycles. The molecule has 0 spiro atoms. The lowest BCUT2D eigenvalue weighted by Gasteiger charge is -2.36. The molecular formula is C20H38N8O3. The van der Waals surface area contributed by atoms with E-state index in [0.717, 1.165) is 70.0 Å². The molecule has 176 valence electrons. The van der Waals surface area contributed by atoms with Crippen LogP contribution in [0.15, 0.2) is 4.99 Å². The minimum Gasteiger partial charge on any atom is -0.383 e. The predicted molar refractivity (Wildman–Crippen MR) is 119 cm³/mol. The summed E-state index contributed by atoms with van der Waals surface area (Å²) in [4.78, 5) is 21.2. The summed E-state index contributed by atoms with van der Waals surface area (Å²) in [6, 6.07) is 0. The fourth-order valence-corrected chi connectivity index (χ4v) is 3.19. The van der Waals surface area contributed by atoms with E-state index >= 15 is 0 Å². The number of aromatic nitrogens is 3. The topological polar surface area (TPSA) is 109 Å². The molecule has 2 heterocycles. The summed E-state index contributed by atoms with van der Waals surface area (Å²) < 4.78 is 12.3. The summed E-state index contributed by atoms with van der Waals surface area (Å²) in [6.45, 7) is 11.3. The lowest BCUT2D eigenvalue weighted by atomic mass is 10.3. The number of aliphatic imine (C=N–C) groups is 1. The van der Waals surface area contributed by atoms with E-state index in [4.69, 9.17) is 14.5 Å². The van der Waals surface area contributed by atoms with Gasteiger partial charge in [-0.25, -0.2) is 4.99 Å². The number of carbonyl (C=O) groups excluding carboxylic acids is 1. The molecule has 1 fully saturated rings. The molecule has 1 amide bonds. The van der Waals surface area contributed by atoms with Crippen LogP contribution in [0.25, 0.3) is 0 Å². The molecule has 0 aromatic carbocycles. The van der Waals surface area contributed by atoms with Gasteiger partial charge in [-0.1, -0.05) is 0 Å². The molecule has 0 saturated carbocycles. The minimum absolute atomic E-state index is 0.0334. The molecule has 1 saturated heterocycles. The van der Waals surface area contributed by atoms with E-state index in [1.54, 1.807) is 7.11 Å². The molecule has 0 unspecified atom stereocenters. The summed E-state index contributed by atoms with van der Waals surface area (Å²) in [5, 5.41) is 14.6. The zero-order chi connectivity index (χ0) is 22.5. The van der Waals surface area contributed by atoms with Crippen LogP contribution in [0.1, 0.15) is 25.0 Å². The summed E-state index contributed by atoms with van der Waals surface area (Å²) in [7, 11) is 3.58. The molecule has 0 radical (unpaired) electrons. The Kier molecular flexibility index (Phi) is 11.3. The van der Waals surface area contributed by atoms with Crippen molar-refractivity contribution in [3.05, 3.63) is 11.6 Å². The van der Waals surface area contributed by atoms with Crippen molar-refractivity contribution in [3.63, 3.8) is 0 Å². The van der Waals surface area contributed by atoms with Gasteiger partial charge < -0.3 is 29.6 Å². The van der Waals surface area contributed by atoms with Crippen LogP contribution in [0.5, 0.6) is 0 Å². The fraction of sp³-hybridized carbons (Fsp3) is 0.800. The molecule has 0 atom stereocenters. The van der Waals surface area contributed by atoms with Gasteiger partial charge in [-0.15, -0.1) is 10.2 Å². The standard InChI is InChI=1S/C20H38N8O3/c1-5-31-13-6-7-22-20(23-15-18-25-24-17(2)26(18)3)28-11-9-27(10-12-28)16-19(29)21-8-14-30-4/h5-16H2,1-4H3,(H,21,29)(H,22,23). The van der Waals surface area contributed by atoms with Crippen molar-refractivity contribution >= 4 is 11.9 Å². The molecule has 11 nitrogen and oxygen atoms in total. The number of methoxy groups -OCH3 is 1. The summed E-state index contributed by atoms with van der Waals surface area (Å²) in [5.74, 6) is 2.60. The van der Waals surface area contributed by atoms with Gasteiger partial charge in [0, 0.05) is 66.6 Å². The van der Waals surface area contributed by atoms with Crippen LogP contribution in [0.3, 0.4) is 0 Å². The number of nitrogens with one attached hydrogen (secondary N) is 2. The fourth-order valence-electron chi connectivity index (χ4n) is 3.19. The Morgan fingerprint density at radius 1 is 1.13 bits per heavy atom. The Balaban J connectivity index is 1.88. The second kappa shape index (κ2) is 13.9. The number of guanidine groups is 1. The molecule has 1 aromatic rings. The van der Waals surface area contributed by atoms with Gasteiger partial charge in [-0.05, 0) is 20.3 Å². The Hall–Kier alpha value is -2.24. The zero-order valence-corrected chi connectivity index (χ0v) is 19.4. The van der Waals surface area contributed by atoms with E-state index in [1.165, 1.54) is 0 Å². The second-order valence-corrected chi connectivity index (χ2v) is 7.45. The molecule has 11 heteroatoms. The van der Waals surface area contributed by atoms with Crippen molar-refractivity contribution in [2.45, 2.75) is 26.8 Å². The van der Waals surface area contributed by atoms with Crippen molar-refractivity contribution in [1.29, 1.82) is 0 Å². The maximum Gasteiger partial charge on any atom is 0.234 e. The maximum atomic E-state index is 12.0. The Bertz CT molecular complexity index is 686. The van der Waals surface area contributed by atoms with Crippen LogP contribution >= 0.6 is 0 Å². The van der Waals surface area contributed by atoms with Crippen molar-refractivity contribution in [2.75, 3.05) is 72.7 Å². The molecule has 1 aliphatic heterocycles. The van der Waals surface area contributed by atoms with Gasteiger partial charge in [-0.2, -0.15) is 0 Å². The highest BCUT2D eigenvalue weighted by Crippen LogP contribution is 2.05. The zero-order valence-electron chi connectivity index (χ0n) is 19.4. The van der Waals surface area contributed by atoms with E-state index in [0.29, 0.717) is 26.2 Å². The number of hydrogen-bond acceptors (Lipinski definition) is 7. The molecule has 1 aliphatic rings. The van der Waals surface area contributed by atoms with E-state index in [-0.39, 0.29) is 5.91 Å². The maximum absolute atomic E-state index is 12.0. The number of rotatable bonds is 12. The first kappa shape index (κ1) is 25.0. The predicted octanol–water partition coefficient (Wildman–Crippen LogP) is -0.624. The first-order valence-electron chi connectivity index (χ1n) is 11.0. The molecule has 2 N–H and O–H groups in total. The van der Waals surface area contributed by atoms with Gasteiger partial charge in [0.1, 0.15) is 12.4 Å². The SMILES string of the molecule is CCOCCCNC(=NCc1nnc(C)n1C)N1CCN(CC(=O)NCCOC)CC1. The van der Waals surface area contributed by atoms with E-state index in [9.17, 15) is 4.79 Å².